The number of benzene rings is 2. The lowest BCUT2D eigenvalue weighted by atomic mass is 10.2. The molecule has 7 nitrogen and oxygen atoms in total. The fourth-order valence-corrected chi connectivity index (χ4v) is 2.82. The van der Waals surface area contributed by atoms with E-state index in [1.54, 1.807) is 30.3 Å². The van der Waals surface area contributed by atoms with E-state index in [1.165, 1.54) is 17.0 Å². The van der Waals surface area contributed by atoms with Crippen LogP contribution in [0.2, 0.25) is 5.02 Å². The van der Waals surface area contributed by atoms with E-state index in [9.17, 15) is 14.9 Å². The van der Waals surface area contributed by atoms with E-state index in [0.717, 1.165) is 3.57 Å². The van der Waals surface area contributed by atoms with E-state index < -0.39 is 4.92 Å². The molecule has 3 rings (SSSR count). The van der Waals surface area contributed by atoms with Crippen LogP contribution in [0.15, 0.2) is 42.7 Å². The Labute approximate surface area is 154 Å². The van der Waals surface area contributed by atoms with Gasteiger partial charge in [-0.15, -0.1) is 0 Å². The van der Waals surface area contributed by atoms with Crippen LogP contribution < -0.4 is 5.32 Å². The predicted octanol–water partition coefficient (Wildman–Crippen LogP) is 3.84. The number of nitro benzene ring substituents is 1. The fraction of sp³-hybridized carbons (Fsp3) is 0.0667. The molecule has 0 fully saturated rings. The van der Waals surface area contributed by atoms with Crippen molar-refractivity contribution in [1.82, 2.24) is 9.55 Å². The van der Waals surface area contributed by atoms with E-state index in [1.807, 2.05) is 0 Å². The van der Waals surface area contributed by atoms with Crippen molar-refractivity contribution in [2.75, 3.05) is 5.32 Å². The van der Waals surface area contributed by atoms with Gasteiger partial charge < -0.3 is 9.88 Å². The summed E-state index contributed by atoms with van der Waals surface area (Å²) in [6.07, 6.45) is 1.41. The molecule has 24 heavy (non-hydrogen) atoms. The number of nitrogens with zero attached hydrogens (tertiary/aromatic N) is 3. The quantitative estimate of drug-likeness (QED) is 0.367. The van der Waals surface area contributed by atoms with Crippen molar-refractivity contribution in [2.24, 2.45) is 0 Å². The summed E-state index contributed by atoms with van der Waals surface area (Å²) in [7, 11) is 0. The summed E-state index contributed by atoms with van der Waals surface area (Å²) in [6.45, 7) is -0.0923. The van der Waals surface area contributed by atoms with Gasteiger partial charge in [-0.3, -0.25) is 14.9 Å². The number of para-hydroxylation sites is 1. The third kappa shape index (κ3) is 3.34. The number of halogens is 2. The molecule has 0 spiro atoms. The molecule has 0 bridgehead atoms. The maximum atomic E-state index is 12.2. The molecule has 0 saturated carbocycles. The number of hydrogen-bond donors (Lipinski definition) is 1. The highest BCUT2D eigenvalue weighted by Gasteiger charge is 2.18. The van der Waals surface area contributed by atoms with Crippen LogP contribution in [0.4, 0.5) is 11.4 Å². The van der Waals surface area contributed by atoms with Crippen LogP contribution in [0.5, 0.6) is 0 Å². The normalized spacial score (nSPS) is 10.8. The molecule has 0 saturated heterocycles. The number of nitrogens with one attached hydrogen (secondary N) is 1. The van der Waals surface area contributed by atoms with E-state index in [4.69, 9.17) is 11.6 Å². The molecule has 1 amide bonds. The standard InChI is InChI=1S/C15H10ClIN4O3/c16-10-6-9(4-5-11(10)17)19-14(22)7-20-8-18-12-2-1-3-13(15(12)20)21(23)24/h1-6,8H,7H2,(H,19,22). The zero-order valence-corrected chi connectivity index (χ0v) is 15.0. The topological polar surface area (TPSA) is 90.1 Å². The maximum Gasteiger partial charge on any atom is 0.295 e. The monoisotopic (exact) mass is 456 g/mol. The minimum absolute atomic E-state index is 0.0879. The molecular formula is C15H10ClIN4O3. The molecular weight excluding hydrogens is 447 g/mol. The Bertz CT molecular complexity index is 957. The van der Waals surface area contributed by atoms with Gasteiger partial charge in [0, 0.05) is 15.3 Å². The van der Waals surface area contributed by atoms with E-state index >= 15 is 0 Å². The molecule has 1 N–H and O–H groups in total. The second-order valence-corrected chi connectivity index (χ2v) is 6.52. The number of aromatic nitrogens is 2. The number of fused-ring (bicyclic) bond motifs is 1. The van der Waals surface area contributed by atoms with Crippen molar-refractivity contribution in [3.8, 4) is 0 Å². The van der Waals surface area contributed by atoms with Gasteiger partial charge in [0.15, 0.2) is 0 Å². The first-order chi connectivity index (χ1) is 11.5. The average Bonchev–Trinajstić information content (AvgIpc) is 2.94. The van der Waals surface area contributed by atoms with Crippen molar-refractivity contribution in [1.29, 1.82) is 0 Å². The highest BCUT2D eigenvalue weighted by atomic mass is 127. The molecule has 0 aliphatic rings. The number of amides is 1. The summed E-state index contributed by atoms with van der Waals surface area (Å²) in [4.78, 5) is 27.0. The van der Waals surface area contributed by atoms with Gasteiger partial charge in [-0.05, 0) is 46.9 Å². The first kappa shape index (κ1) is 16.7. The zero-order valence-electron chi connectivity index (χ0n) is 12.1. The van der Waals surface area contributed by atoms with Crippen LogP contribution >= 0.6 is 34.2 Å². The first-order valence-electron chi connectivity index (χ1n) is 6.79. The fourth-order valence-electron chi connectivity index (χ4n) is 2.30. The summed E-state index contributed by atoms with van der Waals surface area (Å²) in [5.41, 5.74) is 1.26. The number of hydrogen-bond acceptors (Lipinski definition) is 4. The van der Waals surface area contributed by atoms with Crippen molar-refractivity contribution < 1.29 is 9.72 Å². The number of imidazole rings is 1. The number of nitro groups is 1. The number of carbonyl (C=O) groups excluding carboxylic acids is 1. The van der Waals surface area contributed by atoms with Gasteiger partial charge in [0.05, 0.1) is 21.8 Å². The summed E-state index contributed by atoms with van der Waals surface area (Å²) < 4.78 is 2.33. The molecule has 2 aromatic carbocycles. The first-order valence-corrected chi connectivity index (χ1v) is 8.24. The van der Waals surface area contributed by atoms with Crippen LogP contribution in [0.25, 0.3) is 11.0 Å². The number of rotatable bonds is 4. The number of anilines is 1. The Morgan fingerprint density at radius 2 is 2.17 bits per heavy atom. The van der Waals surface area contributed by atoms with Gasteiger partial charge >= 0.3 is 0 Å². The molecule has 1 heterocycles. The largest absolute Gasteiger partial charge is 0.324 e. The van der Waals surface area contributed by atoms with Gasteiger partial charge in [-0.2, -0.15) is 0 Å². The Kier molecular flexibility index (Phi) is 4.67. The molecule has 0 atom stereocenters. The zero-order chi connectivity index (χ0) is 17.3. The van der Waals surface area contributed by atoms with Gasteiger partial charge in [0.1, 0.15) is 12.1 Å². The van der Waals surface area contributed by atoms with Crippen molar-refractivity contribution in [2.45, 2.75) is 6.54 Å². The summed E-state index contributed by atoms with van der Waals surface area (Å²) >= 11 is 8.12. The van der Waals surface area contributed by atoms with Crippen LogP contribution in [0.1, 0.15) is 0 Å². The summed E-state index contributed by atoms with van der Waals surface area (Å²) in [6, 6.07) is 9.78. The molecule has 0 radical (unpaired) electrons. The summed E-state index contributed by atoms with van der Waals surface area (Å²) in [5, 5.41) is 14.4. The van der Waals surface area contributed by atoms with Crippen LogP contribution in [0, 0.1) is 13.7 Å². The van der Waals surface area contributed by atoms with Crippen molar-refractivity contribution in [3.05, 3.63) is 61.4 Å². The molecule has 0 aliphatic heterocycles. The van der Waals surface area contributed by atoms with E-state index in [0.29, 0.717) is 21.7 Å². The van der Waals surface area contributed by atoms with Gasteiger partial charge in [0.25, 0.3) is 5.69 Å². The van der Waals surface area contributed by atoms with Gasteiger partial charge in [-0.1, -0.05) is 17.7 Å². The third-order valence-electron chi connectivity index (χ3n) is 3.33. The van der Waals surface area contributed by atoms with Gasteiger partial charge in [0.2, 0.25) is 5.91 Å². The minimum atomic E-state index is -0.489. The number of carbonyl (C=O) groups is 1. The maximum absolute atomic E-state index is 12.2. The second-order valence-electron chi connectivity index (χ2n) is 4.95. The molecule has 3 aromatic rings. The summed E-state index contributed by atoms with van der Waals surface area (Å²) in [5.74, 6) is -0.329. The SMILES string of the molecule is O=C(Cn1cnc2cccc([N+](=O)[O-])c21)Nc1ccc(I)c(Cl)c1. The highest BCUT2D eigenvalue weighted by Crippen LogP contribution is 2.25. The van der Waals surface area contributed by atoms with E-state index in [-0.39, 0.29) is 18.1 Å². The van der Waals surface area contributed by atoms with Crippen molar-refractivity contribution >= 4 is 62.5 Å². The lowest BCUT2D eigenvalue weighted by Gasteiger charge is -2.08. The molecule has 1 aromatic heterocycles. The average molecular weight is 457 g/mol. The third-order valence-corrected chi connectivity index (χ3v) is 4.90. The lowest BCUT2D eigenvalue weighted by Crippen LogP contribution is -2.18. The van der Waals surface area contributed by atoms with E-state index in [2.05, 4.69) is 32.9 Å². The predicted molar refractivity (Wildman–Crippen MR) is 99.2 cm³/mol. The Balaban J connectivity index is 1.85. The Morgan fingerprint density at radius 1 is 1.38 bits per heavy atom. The van der Waals surface area contributed by atoms with Crippen LogP contribution in [-0.2, 0) is 11.3 Å². The molecule has 0 aliphatic carbocycles. The van der Waals surface area contributed by atoms with Gasteiger partial charge in [-0.25, -0.2) is 4.98 Å². The van der Waals surface area contributed by atoms with Crippen LogP contribution in [0.3, 0.4) is 0 Å². The minimum Gasteiger partial charge on any atom is -0.324 e. The smallest absolute Gasteiger partial charge is 0.295 e. The second kappa shape index (κ2) is 6.73. The molecule has 0 unspecified atom stereocenters. The van der Waals surface area contributed by atoms with Crippen molar-refractivity contribution in [3.63, 3.8) is 0 Å². The molecule has 9 heteroatoms. The molecule has 122 valence electrons. The highest BCUT2D eigenvalue weighted by molar-refractivity contribution is 14.1. The number of non-ortho nitro benzene ring substituents is 1. The Hall–Kier alpha value is -2.20. The Morgan fingerprint density at radius 3 is 2.88 bits per heavy atom. The lowest BCUT2D eigenvalue weighted by molar-refractivity contribution is -0.383. The van der Waals surface area contributed by atoms with Crippen LogP contribution in [-0.4, -0.2) is 20.4 Å².